The second-order valence-electron chi connectivity index (χ2n) is 7.62. The van der Waals surface area contributed by atoms with Crippen LogP contribution >= 0.6 is 11.8 Å². The van der Waals surface area contributed by atoms with E-state index in [4.69, 9.17) is 0 Å². The molecule has 1 saturated heterocycles. The summed E-state index contributed by atoms with van der Waals surface area (Å²) in [5.74, 6) is -0.335. The molecule has 1 fully saturated rings. The van der Waals surface area contributed by atoms with Crippen molar-refractivity contribution in [2.24, 2.45) is 0 Å². The van der Waals surface area contributed by atoms with Gasteiger partial charge >= 0.3 is 0 Å². The van der Waals surface area contributed by atoms with Gasteiger partial charge in [-0.05, 0) is 66.9 Å². The zero-order valence-corrected chi connectivity index (χ0v) is 18.2. The minimum absolute atomic E-state index is 0.222. The van der Waals surface area contributed by atoms with E-state index in [1.165, 1.54) is 23.9 Å². The lowest BCUT2D eigenvalue weighted by Gasteiger charge is -2.29. The highest BCUT2D eigenvalue weighted by Gasteiger charge is 2.42. The van der Waals surface area contributed by atoms with Crippen LogP contribution in [0, 0.1) is 19.7 Å². The second-order valence-corrected chi connectivity index (χ2v) is 8.73. The largest absolute Gasteiger partial charge is 0.324 e. The van der Waals surface area contributed by atoms with Crippen molar-refractivity contribution in [2.75, 3.05) is 11.1 Å². The Labute approximate surface area is 185 Å². The van der Waals surface area contributed by atoms with Crippen LogP contribution in [0.5, 0.6) is 0 Å². The van der Waals surface area contributed by atoms with E-state index in [0.717, 1.165) is 16.7 Å². The lowest BCUT2D eigenvalue weighted by Crippen LogP contribution is -2.45. The molecule has 158 valence electrons. The SMILES string of the molecule is Cc1ccc(NC(=O)C2CSC(c3ccc(F)cc3)N2C(=O)c2ccccc2)cc1C. The van der Waals surface area contributed by atoms with Crippen LogP contribution in [-0.4, -0.2) is 28.5 Å². The van der Waals surface area contributed by atoms with Crippen molar-refractivity contribution in [2.45, 2.75) is 25.3 Å². The van der Waals surface area contributed by atoms with Gasteiger partial charge in [0.1, 0.15) is 17.2 Å². The Bertz CT molecular complexity index is 1100. The van der Waals surface area contributed by atoms with Crippen LogP contribution < -0.4 is 5.32 Å². The van der Waals surface area contributed by atoms with Crippen LogP contribution in [0.3, 0.4) is 0 Å². The van der Waals surface area contributed by atoms with E-state index in [9.17, 15) is 14.0 Å². The predicted molar refractivity (Wildman–Crippen MR) is 123 cm³/mol. The number of rotatable bonds is 4. The number of carbonyl (C=O) groups is 2. The number of benzene rings is 3. The van der Waals surface area contributed by atoms with Crippen LogP contribution in [-0.2, 0) is 4.79 Å². The molecular formula is C25H23FN2O2S. The Morgan fingerprint density at radius 1 is 0.968 bits per heavy atom. The van der Waals surface area contributed by atoms with Gasteiger partial charge in [0.05, 0.1) is 0 Å². The Morgan fingerprint density at radius 2 is 1.68 bits per heavy atom. The summed E-state index contributed by atoms with van der Waals surface area (Å²) in [5, 5.41) is 2.59. The van der Waals surface area contributed by atoms with Crippen molar-refractivity contribution >= 4 is 29.3 Å². The molecule has 2 atom stereocenters. The fraction of sp³-hybridized carbons (Fsp3) is 0.200. The molecular weight excluding hydrogens is 411 g/mol. The van der Waals surface area contributed by atoms with Crippen LogP contribution in [0.1, 0.15) is 32.4 Å². The van der Waals surface area contributed by atoms with Crippen LogP contribution in [0.15, 0.2) is 72.8 Å². The van der Waals surface area contributed by atoms with Crippen molar-refractivity contribution < 1.29 is 14.0 Å². The molecule has 0 bridgehead atoms. The maximum Gasteiger partial charge on any atom is 0.255 e. The van der Waals surface area contributed by atoms with Gasteiger partial charge in [0.2, 0.25) is 5.91 Å². The fourth-order valence-electron chi connectivity index (χ4n) is 3.62. The van der Waals surface area contributed by atoms with E-state index in [1.807, 2.05) is 38.1 Å². The van der Waals surface area contributed by atoms with Gasteiger partial charge in [-0.1, -0.05) is 36.4 Å². The third-order valence-electron chi connectivity index (χ3n) is 5.49. The normalized spacial score (nSPS) is 18.1. The Hall–Kier alpha value is -3.12. The van der Waals surface area contributed by atoms with Crippen LogP contribution in [0.2, 0.25) is 0 Å². The Balaban J connectivity index is 1.65. The summed E-state index contributed by atoms with van der Waals surface area (Å²) >= 11 is 1.51. The molecule has 0 spiro atoms. The van der Waals surface area contributed by atoms with Crippen molar-refractivity contribution in [1.82, 2.24) is 4.90 Å². The molecule has 1 N–H and O–H groups in total. The van der Waals surface area contributed by atoms with Crippen molar-refractivity contribution in [1.29, 1.82) is 0 Å². The lowest BCUT2D eigenvalue weighted by atomic mass is 10.1. The molecule has 4 rings (SSSR count). The highest BCUT2D eigenvalue weighted by molar-refractivity contribution is 7.99. The summed E-state index contributed by atoms with van der Waals surface area (Å²) in [6.45, 7) is 4.01. The number of carbonyl (C=O) groups excluding carboxylic acids is 2. The summed E-state index contributed by atoms with van der Waals surface area (Å²) < 4.78 is 13.5. The number of nitrogens with one attached hydrogen (secondary N) is 1. The third-order valence-corrected chi connectivity index (χ3v) is 6.81. The average molecular weight is 435 g/mol. The molecule has 3 aromatic carbocycles. The summed E-state index contributed by atoms with van der Waals surface area (Å²) in [5.41, 5.74) is 4.24. The number of aryl methyl sites for hydroxylation is 2. The van der Waals surface area contributed by atoms with Gasteiger partial charge in [0.25, 0.3) is 5.91 Å². The van der Waals surface area contributed by atoms with Gasteiger partial charge in [-0.25, -0.2) is 4.39 Å². The molecule has 4 nitrogen and oxygen atoms in total. The zero-order valence-electron chi connectivity index (χ0n) is 17.3. The topological polar surface area (TPSA) is 49.4 Å². The average Bonchev–Trinajstić information content (AvgIpc) is 3.22. The first kappa shape index (κ1) is 21.1. The van der Waals surface area contributed by atoms with E-state index < -0.39 is 6.04 Å². The first-order valence-electron chi connectivity index (χ1n) is 10.1. The van der Waals surface area contributed by atoms with Gasteiger partial charge in [-0.3, -0.25) is 9.59 Å². The van der Waals surface area contributed by atoms with Crippen molar-refractivity contribution in [3.05, 3.63) is 101 Å². The van der Waals surface area contributed by atoms with Crippen molar-refractivity contribution in [3.8, 4) is 0 Å². The molecule has 6 heteroatoms. The van der Waals surface area contributed by atoms with Crippen LogP contribution in [0.4, 0.5) is 10.1 Å². The van der Waals surface area contributed by atoms with Crippen molar-refractivity contribution in [3.63, 3.8) is 0 Å². The summed E-state index contributed by atoms with van der Waals surface area (Å²) in [7, 11) is 0. The highest BCUT2D eigenvalue weighted by Crippen LogP contribution is 2.42. The van der Waals surface area contributed by atoms with E-state index in [0.29, 0.717) is 17.0 Å². The van der Waals surface area contributed by atoms with E-state index >= 15 is 0 Å². The van der Waals surface area contributed by atoms with Gasteiger partial charge in [-0.15, -0.1) is 11.8 Å². The fourth-order valence-corrected chi connectivity index (χ4v) is 5.04. The number of amides is 2. The van der Waals surface area contributed by atoms with Crippen LogP contribution in [0.25, 0.3) is 0 Å². The smallest absolute Gasteiger partial charge is 0.255 e. The molecule has 1 heterocycles. The molecule has 0 aromatic heterocycles. The molecule has 2 amide bonds. The molecule has 3 aromatic rings. The molecule has 1 aliphatic heterocycles. The number of anilines is 1. The minimum Gasteiger partial charge on any atom is -0.324 e. The summed E-state index contributed by atoms with van der Waals surface area (Å²) in [6, 6.07) is 20.1. The zero-order chi connectivity index (χ0) is 22.0. The second kappa shape index (κ2) is 8.94. The molecule has 0 radical (unpaired) electrons. The molecule has 2 unspecified atom stereocenters. The Kier molecular flexibility index (Phi) is 6.09. The number of halogens is 1. The quantitative estimate of drug-likeness (QED) is 0.603. The van der Waals surface area contributed by atoms with E-state index in [-0.39, 0.29) is 23.0 Å². The number of nitrogens with zero attached hydrogens (tertiary/aromatic N) is 1. The van der Waals surface area contributed by atoms with E-state index in [2.05, 4.69) is 5.32 Å². The maximum absolute atomic E-state index is 13.5. The first-order valence-corrected chi connectivity index (χ1v) is 11.1. The van der Waals surface area contributed by atoms with E-state index in [1.54, 1.807) is 41.3 Å². The van der Waals surface area contributed by atoms with Gasteiger partial charge in [-0.2, -0.15) is 0 Å². The van der Waals surface area contributed by atoms with Gasteiger partial charge in [0, 0.05) is 17.0 Å². The molecule has 0 aliphatic carbocycles. The van der Waals surface area contributed by atoms with Gasteiger partial charge in [0.15, 0.2) is 0 Å². The molecule has 0 saturated carbocycles. The lowest BCUT2D eigenvalue weighted by molar-refractivity contribution is -0.119. The minimum atomic E-state index is -0.644. The third kappa shape index (κ3) is 4.49. The summed E-state index contributed by atoms with van der Waals surface area (Å²) in [6.07, 6.45) is 0. The number of hydrogen-bond donors (Lipinski definition) is 1. The van der Waals surface area contributed by atoms with Gasteiger partial charge < -0.3 is 10.2 Å². The molecule has 31 heavy (non-hydrogen) atoms. The number of thioether (sulfide) groups is 1. The Morgan fingerprint density at radius 3 is 2.35 bits per heavy atom. The summed E-state index contributed by atoms with van der Waals surface area (Å²) in [4.78, 5) is 28.2. The first-order chi connectivity index (χ1) is 14.9. The highest BCUT2D eigenvalue weighted by atomic mass is 32.2. The molecule has 1 aliphatic rings. The number of hydrogen-bond acceptors (Lipinski definition) is 3. The predicted octanol–water partition coefficient (Wildman–Crippen LogP) is 5.34. The maximum atomic E-state index is 13.5. The monoisotopic (exact) mass is 434 g/mol. The standard InChI is InChI=1S/C25H23FN2O2S/c1-16-8-13-21(14-17(16)2)27-23(29)22-15-31-25(19-9-11-20(26)12-10-19)28(22)24(30)18-6-4-3-5-7-18/h3-14,22,25H,15H2,1-2H3,(H,27,29).